The topological polar surface area (TPSA) is 134 Å². The second-order valence-corrected chi connectivity index (χ2v) is 8.11. The number of cyclic esters (lactones) is 1. The van der Waals surface area contributed by atoms with Gasteiger partial charge in [-0.3, -0.25) is 19.2 Å². The Morgan fingerprint density at radius 3 is 2.43 bits per heavy atom. The van der Waals surface area contributed by atoms with Gasteiger partial charge in [0, 0.05) is 5.75 Å². The Morgan fingerprint density at radius 1 is 1.13 bits per heavy atom. The molecular weight excluding hydrogens is 430 g/mol. The van der Waals surface area contributed by atoms with Crippen LogP contribution in [0.1, 0.15) is 33.1 Å². The number of allylic oxidation sites excluding steroid dienone is 1. The molecule has 0 spiro atoms. The van der Waals surface area contributed by atoms with Crippen LogP contribution < -0.4 is 16.0 Å². The summed E-state index contributed by atoms with van der Waals surface area (Å²) in [4.78, 5) is 49.1. The molecule has 170 valence electrons. The first-order chi connectivity index (χ1) is 14.2. The van der Waals surface area contributed by atoms with Gasteiger partial charge in [0.25, 0.3) is 0 Å². The fraction of sp³-hybridized carbons (Fsp3) is 0.684. The lowest BCUT2D eigenvalue weighted by molar-refractivity contribution is -0.151. The third-order valence-corrected chi connectivity index (χ3v) is 5.04. The summed E-state index contributed by atoms with van der Waals surface area (Å²) in [5.74, 6) is -1.90. The van der Waals surface area contributed by atoms with Crippen molar-refractivity contribution in [1.29, 1.82) is 0 Å². The van der Waals surface area contributed by atoms with Gasteiger partial charge in [0.2, 0.25) is 17.7 Å². The molecule has 30 heavy (non-hydrogen) atoms. The van der Waals surface area contributed by atoms with Gasteiger partial charge in [-0.2, -0.15) is 25.3 Å². The van der Waals surface area contributed by atoms with E-state index in [9.17, 15) is 24.3 Å². The summed E-state index contributed by atoms with van der Waals surface area (Å²) in [5, 5.41) is 18.1. The Kier molecular flexibility index (Phi) is 11.9. The van der Waals surface area contributed by atoms with Gasteiger partial charge >= 0.3 is 5.97 Å². The lowest BCUT2D eigenvalue weighted by Gasteiger charge is -2.29. The molecule has 0 saturated carbocycles. The van der Waals surface area contributed by atoms with E-state index in [4.69, 9.17) is 4.74 Å². The molecule has 1 fully saturated rings. The predicted molar refractivity (Wildman–Crippen MR) is 118 cm³/mol. The second-order valence-electron chi connectivity index (χ2n) is 7.30. The average molecular weight is 462 g/mol. The summed E-state index contributed by atoms with van der Waals surface area (Å²) < 4.78 is 5.34. The molecule has 1 rings (SSSR count). The Bertz CT molecular complexity index is 644. The molecule has 0 aromatic heterocycles. The fourth-order valence-corrected chi connectivity index (χ4v) is 3.24. The van der Waals surface area contributed by atoms with Gasteiger partial charge in [-0.25, -0.2) is 0 Å². The Morgan fingerprint density at radius 2 is 1.83 bits per heavy atom. The molecule has 9 nitrogen and oxygen atoms in total. The Labute approximate surface area is 187 Å². The van der Waals surface area contributed by atoms with Gasteiger partial charge in [0.05, 0.1) is 31.5 Å². The van der Waals surface area contributed by atoms with E-state index in [-0.39, 0.29) is 31.1 Å². The standard InChI is InChI=1S/C19H31N3O6S2/c1-11(2)18-14(23)8-17(26)28-12(5-3-4-6-29)7-15(24)20-9-16(25)21-13(10-30)19(27)22-18/h3,5,11-14,18,23,29-30H,4,6-10H2,1-2H3,(H,20,24)(H,21,25)(H,22,27)/b5-3+/t12-,13-,14+,18-/m1/s1. The lowest BCUT2D eigenvalue weighted by atomic mass is 9.96. The number of aliphatic hydroxyl groups is 1. The van der Waals surface area contributed by atoms with Gasteiger partial charge in [-0.05, 0) is 24.2 Å². The number of ether oxygens (including phenoxy) is 1. The molecule has 3 amide bonds. The fourth-order valence-electron chi connectivity index (χ4n) is 2.83. The third kappa shape index (κ3) is 9.40. The molecule has 11 heteroatoms. The van der Waals surface area contributed by atoms with Crippen molar-refractivity contribution in [2.24, 2.45) is 5.92 Å². The summed E-state index contributed by atoms with van der Waals surface area (Å²) in [7, 11) is 0. The van der Waals surface area contributed by atoms with Crippen molar-refractivity contribution in [1.82, 2.24) is 16.0 Å². The maximum Gasteiger partial charge on any atom is 0.309 e. The molecule has 0 radical (unpaired) electrons. The molecule has 0 unspecified atom stereocenters. The highest BCUT2D eigenvalue weighted by Gasteiger charge is 2.31. The first kappa shape index (κ1) is 26.3. The van der Waals surface area contributed by atoms with Gasteiger partial charge in [0.1, 0.15) is 12.1 Å². The smallest absolute Gasteiger partial charge is 0.309 e. The Hall–Kier alpha value is -1.72. The Balaban J connectivity index is 3.08. The highest BCUT2D eigenvalue weighted by Crippen LogP contribution is 2.13. The first-order valence-electron chi connectivity index (χ1n) is 9.80. The van der Waals surface area contributed by atoms with Crippen LogP contribution in [0.2, 0.25) is 0 Å². The monoisotopic (exact) mass is 461 g/mol. The highest BCUT2D eigenvalue weighted by atomic mass is 32.1. The number of carbonyl (C=O) groups excluding carboxylic acids is 4. The minimum Gasteiger partial charge on any atom is -0.457 e. The van der Waals surface area contributed by atoms with Crippen LogP contribution in [0.3, 0.4) is 0 Å². The number of carbonyl (C=O) groups is 4. The van der Waals surface area contributed by atoms with Crippen LogP contribution in [-0.4, -0.2) is 71.1 Å². The highest BCUT2D eigenvalue weighted by molar-refractivity contribution is 7.80. The molecule has 1 heterocycles. The third-order valence-electron chi connectivity index (χ3n) is 4.41. The summed E-state index contributed by atoms with van der Waals surface area (Å²) >= 11 is 8.19. The molecular formula is C19H31N3O6S2. The van der Waals surface area contributed by atoms with Crippen molar-refractivity contribution in [3.63, 3.8) is 0 Å². The van der Waals surface area contributed by atoms with Crippen molar-refractivity contribution in [2.45, 2.75) is 57.4 Å². The molecule has 1 aliphatic heterocycles. The molecule has 0 aromatic carbocycles. The van der Waals surface area contributed by atoms with E-state index in [1.807, 2.05) is 0 Å². The van der Waals surface area contributed by atoms with E-state index < -0.39 is 48.0 Å². The van der Waals surface area contributed by atoms with Crippen LogP contribution in [0.25, 0.3) is 0 Å². The number of rotatable bonds is 5. The summed E-state index contributed by atoms with van der Waals surface area (Å²) in [5.41, 5.74) is 0. The number of aliphatic hydroxyl groups excluding tert-OH is 1. The molecule has 1 saturated heterocycles. The zero-order valence-corrected chi connectivity index (χ0v) is 19.0. The van der Waals surface area contributed by atoms with E-state index in [1.165, 1.54) is 0 Å². The molecule has 1 aliphatic rings. The number of hydrogen-bond donors (Lipinski definition) is 6. The van der Waals surface area contributed by atoms with Crippen LogP contribution in [-0.2, 0) is 23.9 Å². The zero-order valence-electron chi connectivity index (χ0n) is 17.2. The van der Waals surface area contributed by atoms with Crippen molar-refractivity contribution in [2.75, 3.05) is 18.1 Å². The number of amides is 3. The molecule has 4 N–H and O–H groups in total. The maximum atomic E-state index is 12.5. The molecule has 0 aromatic rings. The van der Waals surface area contributed by atoms with Crippen molar-refractivity contribution in [3.8, 4) is 0 Å². The summed E-state index contributed by atoms with van der Waals surface area (Å²) in [6.45, 7) is 3.23. The lowest BCUT2D eigenvalue weighted by Crippen LogP contribution is -2.56. The van der Waals surface area contributed by atoms with E-state index in [1.54, 1.807) is 26.0 Å². The summed E-state index contributed by atoms with van der Waals surface area (Å²) in [6, 6.07) is -1.70. The van der Waals surface area contributed by atoms with Gasteiger partial charge in [0.15, 0.2) is 0 Å². The maximum absolute atomic E-state index is 12.5. The average Bonchev–Trinajstić information content (AvgIpc) is 2.67. The quantitative estimate of drug-likeness (QED) is 0.187. The normalized spacial score (nSPS) is 27.7. The molecule has 0 aliphatic carbocycles. The first-order valence-corrected chi connectivity index (χ1v) is 11.1. The van der Waals surface area contributed by atoms with E-state index in [0.717, 1.165) is 0 Å². The summed E-state index contributed by atoms with van der Waals surface area (Å²) in [6.07, 6.45) is 1.34. The van der Waals surface area contributed by atoms with Gasteiger partial charge < -0.3 is 25.8 Å². The SMILES string of the molecule is CC(C)[C@H]1NC(=O)[C@@H](CS)NC(=O)CNC(=O)C[C@@H](/C=C/CCS)OC(=O)C[C@@H]1O. The van der Waals surface area contributed by atoms with Crippen molar-refractivity contribution >= 4 is 48.9 Å². The van der Waals surface area contributed by atoms with E-state index in [2.05, 4.69) is 41.2 Å². The molecule has 4 atom stereocenters. The number of nitrogens with one attached hydrogen (secondary N) is 3. The largest absolute Gasteiger partial charge is 0.457 e. The number of esters is 1. The van der Waals surface area contributed by atoms with Crippen LogP contribution in [0.15, 0.2) is 12.2 Å². The van der Waals surface area contributed by atoms with Crippen LogP contribution in [0.4, 0.5) is 0 Å². The van der Waals surface area contributed by atoms with Crippen LogP contribution in [0.5, 0.6) is 0 Å². The van der Waals surface area contributed by atoms with Crippen molar-refractivity contribution < 1.29 is 29.0 Å². The number of hydrogen-bond acceptors (Lipinski definition) is 8. The van der Waals surface area contributed by atoms with E-state index in [0.29, 0.717) is 12.2 Å². The number of thiol groups is 2. The minimum atomic E-state index is -1.21. The van der Waals surface area contributed by atoms with Crippen molar-refractivity contribution in [3.05, 3.63) is 12.2 Å². The molecule has 0 bridgehead atoms. The van der Waals surface area contributed by atoms with E-state index >= 15 is 0 Å². The van der Waals surface area contributed by atoms with Gasteiger partial charge in [-0.15, -0.1) is 0 Å². The van der Waals surface area contributed by atoms with Gasteiger partial charge in [-0.1, -0.05) is 19.9 Å². The minimum absolute atomic E-state index is 0.0203. The zero-order chi connectivity index (χ0) is 22.7. The second kappa shape index (κ2) is 13.6. The predicted octanol–water partition coefficient (Wildman–Crippen LogP) is -0.399. The van der Waals surface area contributed by atoms with Crippen LogP contribution in [0, 0.1) is 5.92 Å². The van der Waals surface area contributed by atoms with Crippen LogP contribution >= 0.6 is 25.3 Å².